The van der Waals surface area contributed by atoms with Crippen molar-refractivity contribution in [2.24, 2.45) is 16.9 Å². The normalized spacial score (nSPS) is 23.5. The second-order valence-corrected chi connectivity index (χ2v) is 6.57. The number of aryl methyl sites for hydroxylation is 1. The summed E-state index contributed by atoms with van der Waals surface area (Å²) < 4.78 is 5.67. The molecule has 0 saturated heterocycles. The number of hydrogen-bond acceptors (Lipinski definition) is 3. The molecule has 1 saturated carbocycles. The lowest BCUT2D eigenvalue weighted by Gasteiger charge is -2.31. The molecular weight excluding hydrogens is 312 g/mol. The first-order chi connectivity index (χ1) is 11.1. The van der Waals surface area contributed by atoms with Crippen LogP contribution in [0.2, 0.25) is 5.02 Å². The van der Waals surface area contributed by atoms with Gasteiger partial charge in [-0.2, -0.15) is 5.10 Å². The van der Waals surface area contributed by atoms with Gasteiger partial charge in [0.1, 0.15) is 5.75 Å². The summed E-state index contributed by atoms with van der Waals surface area (Å²) in [5.41, 5.74) is 4.79. The molecule has 0 aliphatic heterocycles. The van der Waals surface area contributed by atoms with Crippen molar-refractivity contribution in [2.75, 3.05) is 6.61 Å². The molecule has 2 aliphatic rings. The molecule has 1 N–H and O–H groups in total. The molecule has 23 heavy (non-hydrogen) atoms. The second-order valence-electron chi connectivity index (χ2n) is 6.14. The summed E-state index contributed by atoms with van der Waals surface area (Å²) >= 11 is 5.91. The Morgan fingerprint density at radius 2 is 2.35 bits per heavy atom. The molecule has 2 aliphatic carbocycles. The van der Waals surface area contributed by atoms with Crippen LogP contribution in [-0.4, -0.2) is 18.2 Å². The Balaban J connectivity index is 1.34. The van der Waals surface area contributed by atoms with Crippen LogP contribution < -0.4 is 10.2 Å². The number of benzene rings is 1. The van der Waals surface area contributed by atoms with E-state index in [0.717, 1.165) is 29.9 Å². The molecular formula is C18H21ClN2O2. The van der Waals surface area contributed by atoms with Crippen molar-refractivity contribution in [3.8, 4) is 5.75 Å². The van der Waals surface area contributed by atoms with Gasteiger partial charge in [0.25, 0.3) is 0 Å². The zero-order chi connectivity index (χ0) is 16.2. The van der Waals surface area contributed by atoms with Gasteiger partial charge in [-0.15, -0.1) is 0 Å². The molecule has 0 bridgehead atoms. The lowest BCUT2D eigenvalue weighted by atomic mass is 9.74. The van der Waals surface area contributed by atoms with Crippen molar-refractivity contribution < 1.29 is 9.53 Å². The molecule has 1 fully saturated rings. The molecule has 4 nitrogen and oxygen atoms in total. The highest BCUT2D eigenvalue weighted by molar-refractivity contribution is 6.30. The lowest BCUT2D eigenvalue weighted by Crippen LogP contribution is -2.35. The Morgan fingerprint density at radius 3 is 3.13 bits per heavy atom. The minimum absolute atomic E-state index is 0.0525. The topological polar surface area (TPSA) is 50.7 Å². The Morgan fingerprint density at radius 1 is 1.48 bits per heavy atom. The summed E-state index contributed by atoms with van der Waals surface area (Å²) in [6, 6.07) is 5.52. The number of carbonyl (C=O) groups excluding carboxylic acids is 1. The van der Waals surface area contributed by atoms with Crippen LogP contribution in [-0.2, 0) is 4.79 Å². The number of hydrazone groups is 1. The summed E-state index contributed by atoms with van der Waals surface area (Å²) in [5.74, 6) is 1.95. The predicted molar refractivity (Wildman–Crippen MR) is 91.8 cm³/mol. The number of amides is 1. The molecule has 1 aromatic carbocycles. The number of allylic oxidation sites excluding steroid dienone is 2. The molecule has 0 heterocycles. The third-order valence-corrected chi connectivity index (χ3v) is 4.66. The monoisotopic (exact) mass is 332 g/mol. The van der Waals surface area contributed by atoms with Gasteiger partial charge in [-0.25, -0.2) is 5.43 Å². The third-order valence-electron chi connectivity index (χ3n) is 4.43. The average molecular weight is 333 g/mol. The van der Waals surface area contributed by atoms with Crippen molar-refractivity contribution in [3.63, 3.8) is 0 Å². The van der Waals surface area contributed by atoms with Crippen LogP contribution in [0.5, 0.6) is 5.75 Å². The summed E-state index contributed by atoms with van der Waals surface area (Å²) in [6.45, 7) is 2.45. The van der Waals surface area contributed by atoms with Gasteiger partial charge in [0.05, 0.1) is 6.61 Å². The summed E-state index contributed by atoms with van der Waals surface area (Å²) in [7, 11) is 0. The number of fused-ring (bicyclic) bond motifs is 1. The fourth-order valence-corrected chi connectivity index (χ4v) is 3.27. The van der Waals surface area contributed by atoms with E-state index in [1.54, 1.807) is 6.07 Å². The van der Waals surface area contributed by atoms with Gasteiger partial charge in [-0.1, -0.05) is 23.8 Å². The second kappa shape index (κ2) is 7.18. The highest BCUT2D eigenvalue weighted by atomic mass is 35.5. The number of nitrogens with zero attached hydrogens (tertiary/aromatic N) is 1. The number of halogens is 1. The molecule has 0 spiro atoms. The first-order valence-corrected chi connectivity index (χ1v) is 8.42. The van der Waals surface area contributed by atoms with E-state index in [0.29, 0.717) is 36.3 Å². The van der Waals surface area contributed by atoms with Crippen LogP contribution >= 0.6 is 11.6 Å². The predicted octanol–water partition coefficient (Wildman–Crippen LogP) is 3.88. The van der Waals surface area contributed by atoms with Crippen molar-refractivity contribution in [1.29, 1.82) is 0 Å². The highest BCUT2D eigenvalue weighted by Crippen LogP contribution is 2.40. The number of nitrogens with one attached hydrogen (secondary N) is 1. The SMILES string of the molecule is Cc1cc(Cl)ccc1OCCCC(=O)N/N=C1\C[C@H]2C=CC[C@@H]12. The largest absolute Gasteiger partial charge is 0.493 e. The van der Waals surface area contributed by atoms with E-state index in [1.165, 1.54) is 0 Å². The summed E-state index contributed by atoms with van der Waals surface area (Å²) in [5, 5.41) is 4.95. The standard InChI is InChI=1S/C18H21ClN2O2/c1-12-10-14(19)7-8-17(12)23-9-3-6-18(22)21-20-16-11-13-4-2-5-15(13)16/h2,4,7-8,10,13,15H,3,5-6,9,11H2,1H3,(H,21,22)/b20-16+/t13-,15-/m1/s1. The number of hydrogen-bond donors (Lipinski definition) is 1. The summed E-state index contributed by atoms with van der Waals surface area (Å²) in [6.07, 6.45) is 7.58. The number of ether oxygens (including phenoxy) is 1. The molecule has 0 aromatic heterocycles. The van der Waals surface area contributed by atoms with Crippen molar-refractivity contribution in [2.45, 2.75) is 32.6 Å². The van der Waals surface area contributed by atoms with Crippen LogP contribution in [0.3, 0.4) is 0 Å². The minimum Gasteiger partial charge on any atom is -0.493 e. The van der Waals surface area contributed by atoms with Gasteiger partial charge >= 0.3 is 0 Å². The molecule has 1 amide bonds. The number of rotatable bonds is 6. The lowest BCUT2D eigenvalue weighted by molar-refractivity contribution is -0.121. The van der Waals surface area contributed by atoms with Gasteiger partial charge < -0.3 is 4.74 Å². The molecule has 3 rings (SSSR count). The third kappa shape index (κ3) is 3.94. The van der Waals surface area contributed by atoms with E-state index >= 15 is 0 Å². The van der Waals surface area contributed by atoms with Gasteiger partial charge in [-0.3, -0.25) is 4.79 Å². The van der Waals surface area contributed by atoms with Crippen LogP contribution in [0.15, 0.2) is 35.5 Å². The maximum absolute atomic E-state index is 11.8. The zero-order valence-corrected chi connectivity index (χ0v) is 14.0. The van der Waals surface area contributed by atoms with E-state index in [1.807, 2.05) is 19.1 Å². The fraction of sp³-hybridized carbons (Fsp3) is 0.444. The Hall–Kier alpha value is -1.81. The van der Waals surface area contributed by atoms with E-state index in [9.17, 15) is 4.79 Å². The maximum Gasteiger partial charge on any atom is 0.240 e. The van der Waals surface area contributed by atoms with E-state index in [2.05, 4.69) is 22.7 Å². The fourth-order valence-electron chi connectivity index (χ4n) is 3.04. The summed E-state index contributed by atoms with van der Waals surface area (Å²) in [4.78, 5) is 11.8. The highest BCUT2D eigenvalue weighted by Gasteiger charge is 2.37. The zero-order valence-electron chi connectivity index (χ0n) is 13.2. The number of carbonyl (C=O) groups is 1. The van der Waals surface area contributed by atoms with Crippen LogP contribution in [0.1, 0.15) is 31.2 Å². The first kappa shape index (κ1) is 16.1. The molecule has 1 aromatic rings. The Kier molecular flexibility index (Phi) is 5.01. The minimum atomic E-state index is -0.0525. The van der Waals surface area contributed by atoms with Gasteiger partial charge in [0.15, 0.2) is 0 Å². The van der Waals surface area contributed by atoms with Crippen LogP contribution in [0.25, 0.3) is 0 Å². The molecule has 2 atom stereocenters. The maximum atomic E-state index is 11.8. The van der Waals surface area contributed by atoms with Gasteiger partial charge in [0.2, 0.25) is 5.91 Å². The van der Waals surface area contributed by atoms with Crippen molar-refractivity contribution in [1.82, 2.24) is 5.43 Å². The van der Waals surface area contributed by atoms with Crippen molar-refractivity contribution >= 4 is 23.2 Å². The van der Waals surface area contributed by atoms with E-state index in [4.69, 9.17) is 16.3 Å². The average Bonchev–Trinajstić information content (AvgIpc) is 2.87. The van der Waals surface area contributed by atoms with Crippen LogP contribution in [0.4, 0.5) is 0 Å². The molecule has 0 radical (unpaired) electrons. The molecule has 0 unspecified atom stereocenters. The van der Waals surface area contributed by atoms with Gasteiger partial charge in [0, 0.05) is 23.1 Å². The van der Waals surface area contributed by atoms with Gasteiger partial charge in [-0.05, 0) is 55.9 Å². The molecule has 5 heteroatoms. The molecule has 122 valence electrons. The van der Waals surface area contributed by atoms with Crippen molar-refractivity contribution in [3.05, 3.63) is 40.9 Å². The van der Waals surface area contributed by atoms with Crippen LogP contribution in [0, 0.1) is 18.8 Å². The Labute approximate surface area is 141 Å². The van der Waals surface area contributed by atoms with E-state index < -0.39 is 0 Å². The first-order valence-electron chi connectivity index (χ1n) is 8.04. The smallest absolute Gasteiger partial charge is 0.240 e. The quantitative estimate of drug-likeness (QED) is 0.488. The van der Waals surface area contributed by atoms with E-state index in [-0.39, 0.29) is 5.91 Å². The Bertz CT molecular complexity index is 654.